The number of carbonyl (C=O) groups excluding carboxylic acids is 1. The molecule has 1 heterocycles. The van der Waals surface area contributed by atoms with Crippen LogP contribution in [-0.4, -0.2) is 13.0 Å². The normalized spacial score (nSPS) is 15.0. The van der Waals surface area contributed by atoms with Crippen molar-refractivity contribution in [3.8, 4) is 5.75 Å². The van der Waals surface area contributed by atoms with Crippen LogP contribution in [0.25, 0.3) is 11.6 Å². The summed E-state index contributed by atoms with van der Waals surface area (Å²) in [6.07, 6.45) is 1.89. The van der Waals surface area contributed by atoms with E-state index in [1.165, 1.54) is 0 Å². The lowest BCUT2D eigenvalue weighted by atomic mass is 9.97. The molecule has 2 aromatic carbocycles. The van der Waals surface area contributed by atoms with Crippen LogP contribution in [0.3, 0.4) is 0 Å². The Morgan fingerprint density at radius 2 is 1.96 bits per heavy atom. The smallest absolute Gasteiger partial charge is 0.256 e. The third kappa shape index (κ3) is 2.97. The van der Waals surface area contributed by atoms with Crippen LogP contribution in [0.5, 0.6) is 5.75 Å². The quantitative estimate of drug-likeness (QED) is 0.809. The van der Waals surface area contributed by atoms with Crippen molar-refractivity contribution in [2.45, 2.75) is 19.8 Å². The summed E-state index contributed by atoms with van der Waals surface area (Å²) in [7, 11) is 1.67. The predicted octanol–water partition coefficient (Wildman–Crippen LogP) is 4.96. The lowest BCUT2D eigenvalue weighted by Gasteiger charge is -2.12. The molecule has 0 unspecified atom stereocenters. The van der Waals surface area contributed by atoms with Crippen LogP contribution in [0, 0.1) is 0 Å². The molecule has 0 aromatic heterocycles. The van der Waals surface area contributed by atoms with Gasteiger partial charge in [0.1, 0.15) is 5.75 Å². The van der Waals surface area contributed by atoms with Crippen LogP contribution in [0.1, 0.15) is 36.5 Å². The molecule has 0 fully saturated rings. The van der Waals surface area contributed by atoms with Crippen LogP contribution in [0.15, 0.2) is 36.4 Å². The molecule has 0 saturated heterocycles. The van der Waals surface area contributed by atoms with Crippen LogP contribution in [-0.2, 0) is 4.79 Å². The van der Waals surface area contributed by atoms with Crippen LogP contribution < -0.4 is 10.1 Å². The number of hydrogen-bond donors (Lipinski definition) is 1. The summed E-state index contributed by atoms with van der Waals surface area (Å²) in [5, 5.41) is 3.48. The Morgan fingerprint density at radius 3 is 2.65 bits per heavy atom. The maximum atomic E-state index is 12.2. The zero-order valence-corrected chi connectivity index (χ0v) is 14.1. The molecule has 3 rings (SSSR count). The Bertz CT molecular complexity index is 809. The van der Waals surface area contributed by atoms with Gasteiger partial charge in [-0.1, -0.05) is 31.5 Å². The van der Waals surface area contributed by atoms with Gasteiger partial charge in [0.25, 0.3) is 5.91 Å². The standard InChI is InChI=1S/C19H18ClNO2/c1-11(2)14-8-12(4-7-18(14)23-3)9-16-15-10-13(20)5-6-17(15)21-19(16)22/h4-11H,1-3H3,(H,21,22)/b16-9+. The van der Waals surface area contributed by atoms with E-state index in [1.807, 2.05) is 30.3 Å². The van der Waals surface area contributed by atoms with Gasteiger partial charge in [0, 0.05) is 21.8 Å². The fourth-order valence-corrected chi connectivity index (χ4v) is 2.94. The number of ether oxygens (including phenoxy) is 1. The topological polar surface area (TPSA) is 38.3 Å². The molecule has 23 heavy (non-hydrogen) atoms. The highest BCUT2D eigenvalue weighted by Crippen LogP contribution is 2.36. The molecule has 0 bridgehead atoms. The second-order valence-corrected chi connectivity index (χ2v) is 6.29. The van der Waals surface area contributed by atoms with Gasteiger partial charge in [-0.2, -0.15) is 0 Å². The molecule has 4 heteroatoms. The molecule has 1 amide bonds. The highest BCUT2D eigenvalue weighted by Gasteiger charge is 2.24. The van der Waals surface area contributed by atoms with Crippen LogP contribution in [0.4, 0.5) is 5.69 Å². The largest absolute Gasteiger partial charge is 0.496 e. The monoisotopic (exact) mass is 327 g/mol. The highest BCUT2D eigenvalue weighted by molar-refractivity contribution is 6.36. The number of anilines is 1. The summed E-state index contributed by atoms with van der Waals surface area (Å²) in [5.74, 6) is 1.09. The van der Waals surface area contributed by atoms with Crippen molar-refractivity contribution >= 4 is 34.8 Å². The first-order valence-electron chi connectivity index (χ1n) is 7.50. The van der Waals surface area contributed by atoms with Crippen molar-refractivity contribution in [1.29, 1.82) is 0 Å². The van der Waals surface area contributed by atoms with Crippen molar-refractivity contribution in [3.63, 3.8) is 0 Å². The lowest BCUT2D eigenvalue weighted by Crippen LogP contribution is -2.03. The average molecular weight is 328 g/mol. The molecule has 0 atom stereocenters. The van der Waals surface area contributed by atoms with E-state index in [1.54, 1.807) is 13.2 Å². The van der Waals surface area contributed by atoms with Crippen molar-refractivity contribution in [1.82, 2.24) is 0 Å². The first-order chi connectivity index (χ1) is 11.0. The van der Waals surface area contributed by atoms with E-state index >= 15 is 0 Å². The molecule has 1 aliphatic heterocycles. The third-order valence-electron chi connectivity index (χ3n) is 3.95. The average Bonchev–Trinajstić information content (AvgIpc) is 2.83. The maximum Gasteiger partial charge on any atom is 0.256 e. The second-order valence-electron chi connectivity index (χ2n) is 5.86. The predicted molar refractivity (Wildman–Crippen MR) is 95.0 cm³/mol. The van der Waals surface area contributed by atoms with Gasteiger partial charge in [0.05, 0.1) is 7.11 Å². The maximum absolute atomic E-state index is 12.2. The van der Waals surface area contributed by atoms with E-state index in [2.05, 4.69) is 25.2 Å². The number of amides is 1. The SMILES string of the molecule is COc1ccc(/C=C2/C(=O)Nc3ccc(Cl)cc32)cc1C(C)C. The number of halogens is 1. The summed E-state index contributed by atoms with van der Waals surface area (Å²) < 4.78 is 5.41. The van der Waals surface area contributed by atoms with Crippen molar-refractivity contribution in [2.75, 3.05) is 12.4 Å². The Hall–Kier alpha value is -2.26. The van der Waals surface area contributed by atoms with Crippen LogP contribution >= 0.6 is 11.6 Å². The second kappa shape index (κ2) is 6.09. The minimum atomic E-state index is -0.107. The van der Waals surface area contributed by atoms with Gasteiger partial charge >= 0.3 is 0 Å². The van der Waals surface area contributed by atoms with Crippen LogP contribution in [0.2, 0.25) is 5.02 Å². The van der Waals surface area contributed by atoms with E-state index in [9.17, 15) is 4.79 Å². The van der Waals surface area contributed by atoms with E-state index in [4.69, 9.17) is 16.3 Å². The van der Waals surface area contributed by atoms with E-state index in [-0.39, 0.29) is 5.91 Å². The number of nitrogens with one attached hydrogen (secondary N) is 1. The molecule has 0 spiro atoms. The molecule has 0 aliphatic carbocycles. The van der Waals surface area contributed by atoms with E-state index < -0.39 is 0 Å². The molecule has 0 radical (unpaired) electrons. The van der Waals surface area contributed by atoms with Gasteiger partial charge in [0.2, 0.25) is 0 Å². The number of hydrogen-bond acceptors (Lipinski definition) is 2. The molecule has 2 aromatic rings. The summed E-state index contributed by atoms with van der Waals surface area (Å²) in [4.78, 5) is 12.2. The summed E-state index contributed by atoms with van der Waals surface area (Å²) in [6, 6.07) is 11.4. The van der Waals surface area contributed by atoms with Gasteiger partial charge in [-0.05, 0) is 53.5 Å². The first-order valence-corrected chi connectivity index (χ1v) is 7.88. The van der Waals surface area contributed by atoms with E-state index in [0.717, 1.165) is 28.1 Å². The van der Waals surface area contributed by atoms with Crippen molar-refractivity contribution < 1.29 is 9.53 Å². The fraction of sp³-hybridized carbons (Fsp3) is 0.211. The minimum Gasteiger partial charge on any atom is -0.496 e. The fourth-order valence-electron chi connectivity index (χ4n) is 2.76. The molecule has 118 valence electrons. The van der Waals surface area contributed by atoms with Crippen molar-refractivity contribution in [3.05, 3.63) is 58.1 Å². The Balaban J connectivity index is 2.08. The zero-order chi connectivity index (χ0) is 16.6. The first kappa shape index (κ1) is 15.6. The number of methoxy groups -OCH3 is 1. The highest BCUT2D eigenvalue weighted by atomic mass is 35.5. The molecular formula is C19H18ClNO2. The molecule has 0 saturated carbocycles. The zero-order valence-electron chi connectivity index (χ0n) is 13.3. The summed E-state index contributed by atoms with van der Waals surface area (Å²) >= 11 is 6.06. The van der Waals surface area contributed by atoms with Crippen molar-refractivity contribution in [2.24, 2.45) is 0 Å². The Labute approximate surface area is 140 Å². The Morgan fingerprint density at radius 1 is 1.17 bits per heavy atom. The van der Waals surface area contributed by atoms with Gasteiger partial charge < -0.3 is 10.1 Å². The Kier molecular flexibility index (Phi) is 4.14. The number of rotatable bonds is 3. The van der Waals surface area contributed by atoms with Gasteiger partial charge in [-0.15, -0.1) is 0 Å². The number of carbonyl (C=O) groups is 1. The van der Waals surface area contributed by atoms with E-state index in [0.29, 0.717) is 16.5 Å². The third-order valence-corrected chi connectivity index (χ3v) is 4.19. The van der Waals surface area contributed by atoms with Gasteiger partial charge in [-0.25, -0.2) is 0 Å². The molecule has 1 aliphatic rings. The van der Waals surface area contributed by atoms with Gasteiger partial charge in [-0.3, -0.25) is 4.79 Å². The molecular weight excluding hydrogens is 310 g/mol. The summed E-state index contributed by atoms with van der Waals surface area (Å²) in [6.45, 7) is 4.23. The number of benzene rings is 2. The molecule has 1 N–H and O–H groups in total. The van der Waals surface area contributed by atoms with Gasteiger partial charge in [0.15, 0.2) is 0 Å². The number of fused-ring (bicyclic) bond motifs is 1. The lowest BCUT2D eigenvalue weighted by molar-refractivity contribution is -0.110. The minimum absolute atomic E-state index is 0.107. The summed E-state index contributed by atoms with van der Waals surface area (Å²) in [5.41, 5.74) is 4.34. The molecule has 3 nitrogen and oxygen atoms in total.